The first-order chi connectivity index (χ1) is 9.85. The third-order valence-electron chi connectivity index (χ3n) is 3.24. The minimum Gasteiger partial charge on any atom is -0.467 e. The molecule has 1 saturated heterocycles. The lowest BCUT2D eigenvalue weighted by molar-refractivity contribution is 0.170. The Morgan fingerprint density at radius 2 is 2.15 bits per heavy atom. The van der Waals surface area contributed by atoms with Crippen LogP contribution in [0.4, 0.5) is 5.82 Å². The average Bonchev–Trinajstić information content (AvgIpc) is 3.01. The highest BCUT2D eigenvalue weighted by atomic mass is 32.2. The highest BCUT2D eigenvalue weighted by Gasteiger charge is 2.22. The van der Waals surface area contributed by atoms with Gasteiger partial charge in [0.05, 0.1) is 0 Å². The molecule has 0 bridgehead atoms. The van der Waals surface area contributed by atoms with Gasteiger partial charge in [-0.15, -0.1) is 0 Å². The molecule has 1 aliphatic rings. The van der Waals surface area contributed by atoms with Gasteiger partial charge < -0.3 is 9.64 Å². The third kappa shape index (κ3) is 3.21. The van der Waals surface area contributed by atoms with E-state index in [0.717, 1.165) is 42.1 Å². The summed E-state index contributed by atoms with van der Waals surface area (Å²) in [5, 5.41) is 3.54. The quantitative estimate of drug-likeness (QED) is 0.639. The molecule has 1 fully saturated rings. The first-order valence-electron chi connectivity index (χ1n) is 6.53. The largest absolute Gasteiger partial charge is 0.467 e. The standard InChI is InChI=1S/C13H16N4OS2/c1-19-12-14-5-2-11(16-12)17-7-3-10(4-8-17)18-13-15-6-9-20-13/h2,5-6,9-10H,3-4,7-8H2,1H3. The molecule has 3 heterocycles. The van der Waals surface area contributed by atoms with E-state index in [1.807, 2.05) is 23.9 Å². The van der Waals surface area contributed by atoms with Gasteiger partial charge in [0.15, 0.2) is 5.16 Å². The second-order valence-corrected chi connectivity index (χ2v) is 6.13. The highest BCUT2D eigenvalue weighted by molar-refractivity contribution is 7.98. The molecule has 0 radical (unpaired) electrons. The minimum absolute atomic E-state index is 0.263. The van der Waals surface area contributed by atoms with Crippen molar-refractivity contribution in [3.63, 3.8) is 0 Å². The third-order valence-corrected chi connectivity index (χ3v) is 4.47. The average molecular weight is 308 g/mol. The van der Waals surface area contributed by atoms with Crippen LogP contribution in [0.5, 0.6) is 5.19 Å². The van der Waals surface area contributed by atoms with Crippen LogP contribution < -0.4 is 9.64 Å². The van der Waals surface area contributed by atoms with Crippen molar-refractivity contribution in [3.8, 4) is 5.19 Å². The number of rotatable bonds is 4. The van der Waals surface area contributed by atoms with Gasteiger partial charge in [-0.3, -0.25) is 0 Å². The van der Waals surface area contributed by atoms with Gasteiger partial charge in [-0.25, -0.2) is 15.0 Å². The Morgan fingerprint density at radius 3 is 2.85 bits per heavy atom. The Labute approximate surface area is 126 Å². The zero-order valence-electron chi connectivity index (χ0n) is 11.2. The van der Waals surface area contributed by atoms with Gasteiger partial charge >= 0.3 is 0 Å². The summed E-state index contributed by atoms with van der Waals surface area (Å²) in [7, 11) is 0. The summed E-state index contributed by atoms with van der Waals surface area (Å²) in [4.78, 5) is 15.2. The van der Waals surface area contributed by atoms with E-state index in [2.05, 4.69) is 19.9 Å². The smallest absolute Gasteiger partial charge is 0.273 e. The summed E-state index contributed by atoms with van der Waals surface area (Å²) >= 11 is 3.12. The Bertz CT molecular complexity index is 541. The highest BCUT2D eigenvalue weighted by Crippen LogP contribution is 2.23. The molecule has 5 nitrogen and oxygen atoms in total. The molecule has 7 heteroatoms. The Morgan fingerprint density at radius 1 is 1.30 bits per heavy atom. The van der Waals surface area contributed by atoms with Crippen LogP contribution >= 0.6 is 23.1 Å². The molecule has 20 heavy (non-hydrogen) atoms. The summed E-state index contributed by atoms with van der Waals surface area (Å²) < 4.78 is 5.87. The summed E-state index contributed by atoms with van der Waals surface area (Å²) in [6.07, 6.45) is 7.86. The number of piperidine rings is 1. The van der Waals surface area contributed by atoms with Crippen molar-refractivity contribution in [2.24, 2.45) is 0 Å². The molecule has 0 spiro atoms. The molecular weight excluding hydrogens is 292 g/mol. The lowest BCUT2D eigenvalue weighted by Crippen LogP contribution is -2.38. The number of thioether (sulfide) groups is 1. The van der Waals surface area contributed by atoms with E-state index in [0.29, 0.717) is 0 Å². The zero-order valence-corrected chi connectivity index (χ0v) is 12.9. The van der Waals surface area contributed by atoms with Gasteiger partial charge in [0, 0.05) is 43.7 Å². The van der Waals surface area contributed by atoms with Crippen molar-refractivity contribution in [1.29, 1.82) is 0 Å². The van der Waals surface area contributed by atoms with E-state index >= 15 is 0 Å². The molecule has 0 amide bonds. The Balaban J connectivity index is 1.57. The zero-order chi connectivity index (χ0) is 13.8. The molecule has 106 valence electrons. The first kappa shape index (κ1) is 13.6. The van der Waals surface area contributed by atoms with E-state index in [-0.39, 0.29) is 6.10 Å². The maximum absolute atomic E-state index is 5.87. The van der Waals surface area contributed by atoms with Crippen molar-refractivity contribution in [2.75, 3.05) is 24.2 Å². The van der Waals surface area contributed by atoms with Crippen LogP contribution in [-0.2, 0) is 0 Å². The van der Waals surface area contributed by atoms with Gasteiger partial charge in [0.1, 0.15) is 11.9 Å². The van der Waals surface area contributed by atoms with E-state index < -0.39 is 0 Å². The van der Waals surface area contributed by atoms with Gasteiger partial charge in [0.2, 0.25) is 0 Å². The van der Waals surface area contributed by atoms with Crippen molar-refractivity contribution in [1.82, 2.24) is 15.0 Å². The van der Waals surface area contributed by atoms with E-state index in [9.17, 15) is 0 Å². The normalized spacial score (nSPS) is 16.4. The van der Waals surface area contributed by atoms with Crippen molar-refractivity contribution >= 4 is 28.9 Å². The molecule has 2 aromatic heterocycles. The van der Waals surface area contributed by atoms with Crippen LogP contribution in [-0.4, -0.2) is 40.4 Å². The molecule has 0 atom stereocenters. The Hall–Kier alpha value is -1.34. The lowest BCUT2D eigenvalue weighted by Gasteiger charge is -2.32. The van der Waals surface area contributed by atoms with Crippen LogP contribution in [0.25, 0.3) is 0 Å². The van der Waals surface area contributed by atoms with Crippen molar-refractivity contribution < 1.29 is 4.74 Å². The fourth-order valence-electron chi connectivity index (χ4n) is 2.22. The molecule has 0 saturated carbocycles. The number of nitrogens with zero attached hydrogens (tertiary/aromatic N) is 4. The van der Waals surface area contributed by atoms with Gasteiger partial charge in [0.25, 0.3) is 5.19 Å². The SMILES string of the molecule is CSc1nccc(N2CCC(Oc3nccs3)CC2)n1. The van der Waals surface area contributed by atoms with Crippen molar-refractivity contribution in [2.45, 2.75) is 24.1 Å². The Kier molecular flexibility index (Phi) is 4.37. The summed E-state index contributed by atoms with van der Waals surface area (Å²) in [6.45, 7) is 1.92. The minimum atomic E-state index is 0.263. The fraction of sp³-hybridized carbons (Fsp3) is 0.462. The predicted octanol–water partition coefficient (Wildman–Crippen LogP) is 2.70. The molecular formula is C13H16N4OS2. The predicted molar refractivity (Wildman–Crippen MR) is 81.8 cm³/mol. The van der Waals surface area contributed by atoms with Gasteiger partial charge in [-0.2, -0.15) is 0 Å². The number of anilines is 1. The van der Waals surface area contributed by atoms with Crippen LogP contribution in [0.15, 0.2) is 29.0 Å². The second kappa shape index (κ2) is 6.41. The van der Waals surface area contributed by atoms with Gasteiger partial charge in [-0.05, 0) is 12.3 Å². The molecule has 0 aromatic carbocycles. The maximum Gasteiger partial charge on any atom is 0.273 e. The van der Waals surface area contributed by atoms with Crippen molar-refractivity contribution in [3.05, 3.63) is 23.8 Å². The van der Waals surface area contributed by atoms with E-state index in [1.54, 1.807) is 29.3 Å². The van der Waals surface area contributed by atoms with Crippen LogP contribution in [0.2, 0.25) is 0 Å². The number of thiazole rings is 1. The van der Waals surface area contributed by atoms with Gasteiger partial charge in [-0.1, -0.05) is 23.1 Å². The molecule has 0 aliphatic carbocycles. The number of aromatic nitrogens is 3. The summed E-state index contributed by atoms with van der Waals surface area (Å²) in [5.74, 6) is 1.01. The molecule has 2 aromatic rings. The van der Waals surface area contributed by atoms with E-state index in [1.165, 1.54) is 0 Å². The molecule has 0 unspecified atom stereocenters. The van der Waals surface area contributed by atoms with E-state index in [4.69, 9.17) is 4.74 Å². The van der Waals surface area contributed by atoms with Crippen LogP contribution in [0.1, 0.15) is 12.8 Å². The van der Waals surface area contributed by atoms with Crippen LogP contribution in [0, 0.1) is 0 Å². The lowest BCUT2D eigenvalue weighted by atomic mass is 10.1. The monoisotopic (exact) mass is 308 g/mol. The van der Waals surface area contributed by atoms with Crippen LogP contribution in [0.3, 0.4) is 0 Å². The molecule has 0 N–H and O–H groups in total. The maximum atomic E-state index is 5.87. The molecule has 1 aliphatic heterocycles. The first-order valence-corrected chi connectivity index (χ1v) is 8.64. The summed E-state index contributed by atoms with van der Waals surface area (Å²) in [6, 6.07) is 1.97. The number of ether oxygens (including phenoxy) is 1. The molecule has 3 rings (SSSR count). The second-order valence-electron chi connectivity index (χ2n) is 4.50. The number of hydrogen-bond acceptors (Lipinski definition) is 7. The number of hydrogen-bond donors (Lipinski definition) is 0. The summed E-state index contributed by atoms with van der Waals surface area (Å²) in [5.41, 5.74) is 0. The fourth-order valence-corrected chi connectivity index (χ4v) is 3.12. The topological polar surface area (TPSA) is 51.1 Å².